The molecule has 0 aromatic rings. The van der Waals surface area contributed by atoms with Gasteiger partial charge >= 0.3 is 6.16 Å². The lowest BCUT2D eigenvalue weighted by Crippen LogP contribution is -2.09. The van der Waals surface area contributed by atoms with E-state index in [-0.39, 0.29) is 0 Å². The van der Waals surface area contributed by atoms with E-state index < -0.39 is 6.16 Å². The lowest BCUT2D eigenvalue weighted by molar-refractivity contribution is 0.0529. The Morgan fingerprint density at radius 1 is 0.625 bits per heavy atom. The van der Waals surface area contributed by atoms with E-state index in [2.05, 4.69) is 38.2 Å². The van der Waals surface area contributed by atoms with E-state index in [1.807, 2.05) is 0 Å². The lowest BCUT2D eigenvalue weighted by atomic mass is 10.1. The van der Waals surface area contributed by atoms with Gasteiger partial charge in [-0.2, -0.15) is 0 Å². The predicted octanol–water partition coefficient (Wildman–Crippen LogP) is 6.97. The first-order valence-corrected chi connectivity index (χ1v) is 9.90. The standard InChI is InChI=1S/C21H38O3/c1-3-5-7-9-11-13-15-17-19-23-21(22)24-20-18-16-14-12-10-8-6-4-2/h5-8H,3-4,9-20H2,1-2H3. The molecule has 24 heavy (non-hydrogen) atoms. The molecular formula is C21H38O3. The third-order valence-corrected chi connectivity index (χ3v) is 3.77. The van der Waals surface area contributed by atoms with E-state index in [1.165, 1.54) is 25.7 Å². The Kier molecular flexibility index (Phi) is 18.8. The van der Waals surface area contributed by atoms with Gasteiger partial charge in [0.15, 0.2) is 0 Å². The molecule has 3 nitrogen and oxygen atoms in total. The lowest BCUT2D eigenvalue weighted by Gasteiger charge is -2.06. The van der Waals surface area contributed by atoms with Crippen molar-refractivity contribution in [2.24, 2.45) is 0 Å². The smallest absolute Gasteiger partial charge is 0.434 e. The quantitative estimate of drug-likeness (QED) is 0.173. The Bertz CT molecular complexity index is 291. The van der Waals surface area contributed by atoms with Gasteiger partial charge in [0.05, 0.1) is 13.2 Å². The fourth-order valence-corrected chi connectivity index (χ4v) is 2.36. The fourth-order valence-electron chi connectivity index (χ4n) is 2.36. The highest BCUT2D eigenvalue weighted by atomic mass is 16.7. The van der Waals surface area contributed by atoms with E-state index in [0.29, 0.717) is 13.2 Å². The van der Waals surface area contributed by atoms with E-state index in [0.717, 1.165) is 51.4 Å². The fraction of sp³-hybridized carbons (Fsp3) is 0.762. The summed E-state index contributed by atoms with van der Waals surface area (Å²) in [5, 5.41) is 0. The minimum atomic E-state index is -0.508. The normalized spacial score (nSPS) is 11.4. The SMILES string of the molecule is CCC=CCCCCCCOC(=O)OCCCCCCC=CCC. The van der Waals surface area contributed by atoms with Crippen LogP contribution in [0.2, 0.25) is 0 Å². The van der Waals surface area contributed by atoms with Crippen LogP contribution in [-0.4, -0.2) is 19.4 Å². The largest absolute Gasteiger partial charge is 0.508 e. The molecule has 0 spiro atoms. The molecule has 0 amide bonds. The molecule has 0 aliphatic rings. The van der Waals surface area contributed by atoms with Crippen LogP contribution in [0.15, 0.2) is 24.3 Å². The molecule has 0 radical (unpaired) electrons. The first-order valence-electron chi connectivity index (χ1n) is 9.90. The molecule has 0 saturated heterocycles. The molecular weight excluding hydrogens is 300 g/mol. The van der Waals surface area contributed by atoms with Crippen LogP contribution in [-0.2, 0) is 9.47 Å². The van der Waals surface area contributed by atoms with Gasteiger partial charge in [0.1, 0.15) is 0 Å². The van der Waals surface area contributed by atoms with Crippen LogP contribution in [0.5, 0.6) is 0 Å². The molecule has 0 aliphatic heterocycles. The van der Waals surface area contributed by atoms with Gasteiger partial charge in [0.25, 0.3) is 0 Å². The molecule has 0 atom stereocenters. The van der Waals surface area contributed by atoms with Crippen LogP contribution in [0, 0.1) is 0 Å². The first kappa shape index (κ1) is 22.8. The zero-order valence-electron chi connectivity index (χ0n) is 15.9. The summed E-state index contributed by atoms with van der Waals surface area (Å²) in [4.78, 5) is 11.4. The van der Waals surface area contributed by atoms with E-state index in [1.54, 1.807) is 0 Å². The molecule has 0 aliphatic carbocycles. The van der Waals surface area contributed by atoms with E-state index >= 15 is 0 Å². The van der Waals surface area contributed by atoms with Crippen molar-refractivity contribution in [1.29, 1.82) is 0 Å². The zero-order chi connectivity index (χ0) is 17.7. The van der Waals surface area contributed by atoms with Gasteiger partial charge in [0.2, 0.25) is 0 Å². The van der Waals surface area contributed by atoms with Crippen LogP contribution in [0.3, 0.4) is 0 Å². The summed E-state index contributed by atoms with van der Waals surface area (Å²) < 4.78 is 10.1. The summed E-state index contributed by atoms with van der Waals surface area (Å²) in [6.07, 6.45) is 21.9. The number of rotatable bonds is 16. The van der Waals surface area contributed by atoms with Crippen molar-refractivity contribution in [3.8, 4) is 0 Å². The maximum absolute atomic E-state index is 11.4. The first-order chi connectivity index (χ1) is 11.8. The van der Waals surface area contributed by atoms with Gasteiger partial charge in [-0.3, -0.25) is 0 Å². The number of ether oxygens (including phenoxy) is 2. The van der Waals surface area contributed by atoms with Crippen LogP contribution >= 0.6 is 0 Å². The molecule has 0 heterocycles. The molecule has 0 N–H and O–H groups in total. The van der Waals surface area contributed by atoms with Crippen molar-refractivity contribution in [1.82, 2.24) is 0 Å². The molecule has 0 bridgehead atoms. The highest BCUT2D eigenvalue weighted by Crippen LogP contribution is 2.06. The van der Waals surface area contributed by atoms with Crippen molar-refractivity contribution in [2.45, 2.75) is 90.9 Å². The Hall–Kier alpha value is -1.25. The molecule has 0 rings (SSSR count). The van der Waals surface area contributed by atoms with Crippen molar-refractivity contribution in [3.63, 3.8) is 0 Å². The number of unbranched alkanes of at least 4 members (excludes halogenated alkanes) is 8. The van der Waals surface area contributed by atoms with Gasteiger partial charge in [0, 0.05) is 0 Å². The molecule has 0 unspecified atom stereocenters. The second-order valence-electron chi connectivity index (χ2n) is 6.11. The van der Waals surface area contributed by atoms with E-state index in [4.69, 9.17) is 9.47 Å². The summed E-state index contributed by atoms with van der Waals surface area (Å²) >= 11 is 0. The third kappa shape index (κ3) is 18.8. The van der Waals surface area contributed by atoms with Crippen LogP contribution in [0.25, 0.3) is 0 Å². The number of hydrogen-bond acceptors (Lipinski definition) is 3. The third-order valence-electron chi connectivity index (χ3n) is 3.77. The Labute approximate surface area is 149 Å². The van der Waals surface area contributed by atoms with Gasteiger partial charge in [-0.25, -0.2) is 4.79 Å². The van der Waals surface area contributed by atoms with Crippen LogP contribution in [0.4, 0.5) is 4.79 Å². The molecule has 0 saturated carbocycles. The second-order valence-corrected chi connectivity index (χ2v) is 6.11. The van der Waals surface area contributed by atoms with Crippen molar-refractivity contribution in [3.05, 3.63) is 24.3 Å². The molecule has 0 fully saturated rings. The monoisotopic (exact) mass is 338 g/mol. The predicted molar refractivity (Wildman–Crippen MR) is 102 cm³/mol. The summed E-state index contributed by atoms with van der Waals surface area (Å²) in [6, 6.07) is 0. The minimum Gasteiger partial charge on any atom is -0.434 e. The average Bonchev–Trinajstić information content (AvgIpc) is 2.59. The topological polar surface area (TPSA) is 35.5 Å². The maximum atomic E-state index is 11.4. The van der Waals surface area contributed by atoms with E-state index in [9.17, 15) is 4.79 Å². The number of hydrogen-bond donors (Lipinski definition) is 0. The molecule has 3 heteroatoms. The Morgan fingerprint density at radius 2 is 1.04 bits per heavy atom. The maximum Gasteiger partial charge on any atom is 0.508 e. The van der Waals surface area contributed by atoms with Gasteiger partial charge < -0.3 is 9.47 Å². The van der Waals surface area contributed by atoms with Crippen LogP contribution in [0.1, 0.15) is 90.9 Å². The molecule has 0 aromatic heterocycles. The highest BCUT2D eigenvalue weighted by Gasteiger charge is 2.02. The second kappa shape index (κ2) is 19.8. The summed E-state index contributed by atoms with van der Waals surface area (Å²) in [6.45, 7) is 5.26. The van der Waals surface area contributed by atoms with Crippen molar-refractivity contribution < 1.29 is 14.3 Å². The summed E-state index contributed by atoms with van der Waals surface area (Å²) in [5.41, 5.74) is 0. The number of carbonyl (C=O) groups is 1. The van der Waals surface area contributed by atoms with Gasteiger partial charge in [-0.1, -0.05) is 63.8 Å². The van der Waals surface area contributed by atoms with Gasteiger partial charge in [-0.15, -0.1) is 0 Å². The number of allylic oxidation sites excluding steroid dienone is 4. The van der Waals surface area contributed by atoms with Crippen molar-refractivity contribution in [2.75, 3.05) is 13.2 Å². The average molecular weight is 339 g/mol. The van der Waals surface area contributed by atoms with Gasteiger partial charge in [-0.05, 0) is 51.4 Å². The molecule has 0 aromatic carbocycles. The minimum absolute atomic E-state index is 0.480. The Morgan fingerprint density at radius 3 is 1.46 bits per heavy atom. The van der Waals surface area contributed by atoms with Crippen molar-refractivity contribution >= 4 is 6.16 Å². The Balaban J connectivity index is 3.21. The summed E-state index contributed by atoms with van der Waals surface area (Å²) in [7, 11) is 0. The summed E-state index contributed by atoms with van der Waals surface area (Å²) in [5.74, 6) is 0. The van der Waals surface area contributed by atoms with Crippen LogP contribution < -0.4 is 0 Å². The number of carbonyl (C=O) groups excluding carboxylic acids is 1. The highest BCUT2D eigenvalue weighted by molar-refractivity contribution is 5.59. The zero-order valence-corrected chi connectivity index (χ0v) is 15.9. The molecule has 140 valence electrons.